The molecule has 1 atom stereocenters. The van der Waals surface area contributed by atoms with Gasteiger partial charge in [-0.2, -0.15) is 0 Å². The van der Waals surface area contributed by atoms with Crippen LogP contribution >= 0.6 is 34.5 Å². The van der Waals surface area contributed by atoms with E-state index in [0.717, 1.165) is 21.9 Å². The summed E-state index contributed by atoms with van der Waals surface area (Å²) in [4.78, 5) is 32.0. The average Bonchev–Trinajstić information content (AvgIpc) is 3.33. The summed E-state index contributed by atoms with van der Waals surface area (Å²) >= 11 is 14.5. The van der Waals surface area contributed by atoms with E-state index < -0.39 is 12.0 Å². The van der Waals surface area contributed by atoms with Crippen molar-refractivity contribution < 1.29 is 14.3 Å². The number of esters is 1. The van der Waals surface area contributed by atoms with Crippen molar-refractivity contribution in [2.24, 2.45) is 4.99 Å². The zero-order valence-electron chi connectivity index (χ0n) is 23.3. The summed E-state index contributed by atoms with van der Waals surface area (Å²) in [6, 6.07) is 26.3. The quantitative estimate of drug-likeness (QED) is 0.185. The molecule has 0 amide bonds. The minimum Gasteiger partial charge on any atom is -0.486 e. The first kappa shape index (κ1) is 28.9. The molecule has 4 aromatic carbocycles. The summed E-state index contributed by atoms with van der Waals surface area (Å²) in [7, 11) is 1.33. The molecule has 0 unspecified atom stereocenters. The fourth-order valence-corrected chi connectivity index (χ4v) is 6.97. The highest BCUT2D eigenvalue weighted by molar-refractivity contribution is 7.07. The monoisotopic (exact) mass is 628 g/mol. The maximum absolute atomic E-state index is 13.9. The third-order valence-corrected chi connectivity index (χ3v) is 8.88. The first-order valence-electron chi connectivity index (χ1n) is 13.7. The molecule has 43 heavy (non-hydrogen) atoms. The van der Waals surface area contributed by atoms with Crippen LogP contribution in [0.3, 0.4) is 0 Å². The molecule has 0 fully saturated rings. The molecule has 0 saturated heterocycles. The number of fused-ring (bicyclic) bond motifs is 2. The lowest BCUT2D eigenvalue weighted by molar-refractivity contribution is -0.136. The smallest absolute Gasteiger partial charge is 0.338 e. The first-order chi connectivity index (χ1) is 20.9. The molecule has 2 heterocycles. The number of thiazole rings is 1. The van der Waals surface area contributed by atoms with Gasteiger partial charge in [-0.15, -0.1) is 0 Å². The highest BCUT2D eigenvalue weighted by atomic mass is 35.5. The van der Waals surface area contributed by atoms with Crippen molar-refractivity contribution in [2.75, 3.05) is 7.11 Å². The Bertz CT molecular complexity index is 2060. The lowest BCUT2D eigenvalue weighted by Gasteiger charge is -2.25. The van der Waals surface area contributed by atoms with Crippen LogP contribution in [0.1, 0.15) is 36.1 Å². The molecule has 1 aromatic heterocycles. The molecule has 0 spiro atoms. The number of hydrogen-bond acceptors (Lipinski definition) is 6. The fraction of sp³-hybridized carbons (Fsp3) is 0.147. The summed E-state index contributed by atoms with van der Waals surface area (Å²) in [5.41, 5.74) is 3.10. The Morgan fingerprint density at radius 2 is 1.70 bits per heavy atom. The van der Waals surface area contributed by atoms with Crippen molar-refractivity contribution in [3.05, 3.63) is 143 Å². The summed E-state index contributed by atoms with van der Waals surface area (Å²) < 4.78 is 13.2. The first-order valence-corrected chi connectivity index (χ1v) is 15.2. The molecule has 9 heteroatoms. The molecule has 6 nitrogen and oxygen atoms in total. The third-order valence-electron chi connectivity index (χ3n) is 7.34. The maximum Gasteiger partial charge on any atom is 0.338 e. The Balaban J connectivity index is 1.38. The molecule has 0 N–H and O–H groups in total. The Labute approximate surface area is 261 Å². The number of rotatable bonds is 7. The number of methoxy groups -OCH3 is 1. The van der Waals surface area contributed by atoms with Gasteiger partial charge in [0.05, 0.1) is 39.0 Å². The van der Waals surface area contributed by atoms with Gasteiger partial charge in [0, 0.05) is 0 Å². The average molecular weight is 630 g/mol. The fourth-order valence-electron chi connectivity index (χ4n) is 5.34. The van der Waals surface area contributed by atoms with E-state index in [9.17, 15) is 9.59 Å². The number of ether oxygens (including phenoxy) is 2. The molecule has 0 radical (unpaired) electrons. The van der Waals surface area contributed by atoms with Crippen LogP contribution in [0, 0.1) is 0 Å². The lowest BCUT2D eigenvalue weighted by atomic mass is 9.95. The van der Waals surface area contributed by atoms with E-state index in [1.165, 1.54) is 18.4 Å². The van der Waals surface area contributed by atoms with Crippen LogP contribution in [0.2, 0.25) is 10.0 Å². The van der Waals surface area contributed by atoms with Crippen LogP contribution in [-0.4, -0.2) is 17.6 Å². The minimum atomic E-state index is -0.668. The van der Waals surface area contributed by atoms with Gasteiger partial charge in [-0.1, -0.05) is 114 Å². The standard InChI is InChI=1S/C34H26Cl2N2O4S/c1-3-27-29(33(40)41-2)30(22-11-5-4-6-12-22)38-32(39)28(43-34(38)37-27)18-20-16-25(35)31(26(36)17-20)42-19-23-14-9-13-21-10-7-8-15-24(21)23/h4-18,30H,3,19H2,1-2H3/b28-18-/t30-/m0/s1. The predicted molar refractivity (Wildman–Crippen MR) is 172 cm³/mol. The van der Waals surface area contributed by atoms with E-state index in [2.05, 4.69) is 18.2 Å². The van der Waals surface area contributed by atoms with Gasteiger partial charge in [0.15, 0.2) is 10.6 Å². The summed E-state index contributed by atoms with van der Waals surface area (Å²) in [5.74, 6) is -0.143. The van der Waals surface area contributed by atoms with Gasteiger partial charge in [-0.05, 0) is 52.1 Å². The molecule has 1 aliphatic heterocycles. The highest BCUT2D eigenvalue weighted by Crippen LogP contribution is 2.36. The second kappa shape index (κ2) is 12.2. The van der Waals surface area contributed by atoms with E-state index in [0.29, 0.717) is 55.0 Å². The number of nitrogens with zero attached hydrogens (tertiary/aromatic N) is 2. The van der Waals surface area contributed by atoms with Crippen molar-refractivity contribution in [3.8, 4) is 5.75 Å². The number of allylic oxidation sites excluding steroid dienone is 1. The van der Waals surface area contributed by atoms with Crippen LogP contribution in [0.4, 0.5) is 0 Å². The summed E-state index contributed by atoms with van der Waals surface area (Å²) in [5, 5.41) is 2.88. The van der Waals surface area contributed by atoms with Crippen LogP contribution in [0.15, 0.2) is 106 Å². The normalized spacial score (nSPS) is 14.9. The lowest BCUT2D eigenvalue weighted by Crippen LogP contribution is -2.40. The Morgan fingerprint density at radius 3 is 2.42 bits per heavy atom. The predicted octanol–water partition coefficient (Wildman–Crippen LogP) is 6.84. The molecule has 216 valence electrons. The van der Waals surface area contributed by atoms with Gasteiger partial charge < -0.3 is 9.47 Å². The maximum atomic E-state index is 13.9. The van der Waals surface area contributed by atoms with Crippen LogP contribution in [0.25, 0.3) is 16.8 Å². The summed E-state index contributed by atoms with van der Waals surface area (Å²) in [6.07, 6.45) is 2.23. The van der Waals surface area contributed by atoms with Gasteiger partial charge in [-0.3, -0.25) is 9.36 Å². The van der Waals surface area contributed by atoms with E-state index in [4.69, 9.17) is 37.7 Å². The van der Waals surface area contributed by atoms with Crippen molar-refractivity contribution >= 4 is 57.4 Å². The molecule has 1 aliphatic rings. The molecule has 0 aliphatic carbocycles. The Morgan fingerprint density at radius 1 is 1.00 bits per heavy atom. The van der Waals surface area contributed by atoms with Crippen LogP contribution in [-0.2, 0) is 16.1 Å². The van der Waals surface area contributed by atoms with E-state index in [1.807, 2.05) is 61.5 Å². The third kappa shape index (κ3) is 5.52. The second-order valence-electron chi connectivity index (χ2n) is 9.94. The van der Waals surface area contributed by atoms with Gasteiger partial charge >= 0.3 is 5.97 Å². The topological polar surface area (TPSA) is 69.9 Å². The van der Waals surface area contributed by atoms with Gasteiger partial charge in [0.25, 0.3) is 5.56 Å². The van der Waals surface area contributed by atoms with Crippen molar-refractivity contribution in [2.45, 2.75) is 26.0 Å². The van der Waals surface area contributed by atoms with Crippen molar-refractivity contribution in [1.29, 1.82) is 0 Å². The van der Waals surface area contributed by atoms with Gasteiger partial charge in [0.1, 0.15) is 6.61 Å². The van der Waals surface area contributed by atoms with Gasteiger partial charge in [-0.25, -0.2) is 9.79 Å². The number of aromatic nitrogens is 1. The molecule has 5 aromatic rings. The highest BCUT2D eigenvalue weighted by Gasteiger charge is 2.33. The molecular formula is C34H26Cl2N2O4S. The van der Waals surface area contributed by atoms with Crippen molar-refractivity contribution in [3.63, 3.8) is 0 Å². The molecular weight excluding hydrogens is 603 g/mol. The van der Waals surface area contributed by atoms with E-state index >= 15 is 0 Å². The number of carbonyl (C=O) groups excluding carboxylic acids is 1. The molecule has 6 rings (SSSR count). The Hall–Kier alpha value is -4.17. The zero-order chi connectivity index (χ0) is 30.1. The van der Waals surface area contributed by atoms with Crippen molar-refractivity contribution in [1.82, 2.24) is 4.57 Å². The Kier molecular flexibility index (Phi) is 8.21. The van der Waals surface area contributed by atoms with Gasteiger partial charge in [0.2, 0.25) is 0 Å². The SMILES string of the molecule is CCC1=C(C(=O)OC)[C@H](c2ccccc2)n2c(s/c(=C\c3cc(Cl)c(OCc4cccc5ccccc45)c(Cl)c3)c2=O)=N1. The molecule has 0 saturated carbocycles. The number of carbonyl (C=O) groups is 1. The van der Waals surface area contributed by atoms with Crippen LogP contribution < -0.4 is 19.6 Å². The van der Waals surface area contributed by atoms with Crippen LogP contribution in [0.5, 0.6) is 5.75 Å². The second-order valence-corrected chi connectivity index (χ2v) is 11.8. The zero-order valence-corrected chi connectivity index (χ0v) is 25.7. The summed E-state index contributed by atoms with van der Waals surface area (Å²) in [6.45, 7) is 2.21. The van der Waals surface area contributed by atoms with E-state index in [-0.39, 0.29) is 5.56 Å². The van der Waals surface area contributed by atoms with E-state index in [1.54, 1.807) is 22.8 Å². The molecule has 0 bridgehead atoms. The minimum absolute atomic E-state index is 0.280. The largest absolute Gasteiger partial charge is 0.486 e. The number of hydrogen-bond donors (Lipinski definition) is 0. The number of benzene rings is 4. The number of halogens is 2.